The van der Waals surface area contributed by atoms with Gasteiger partial charge in [-0.2, -0.15) is 0 Å². The minimum absolute atomic E-state index is 0.315. The van der Waals surface area contributed by atoms with Crippen molar-refractivity contribution in [2.24, 2.45) is 11.5 Å². The molecule has 0 aromatic rings. The highest BCUT2D eigenvalue weighted by atomic mass is 33.1. The summed E-state index contributed by atoms with van der Waals surface area (Å²) in [7, 11) is 3.07. The van der Waals surface area contributed by atoms with Crippen molar-refractivity contribution in [1.29, 1.82) is 0 Å². The molecule has 0 spiro atoms. The second-order valence-electron chi connectivity index (χ2n) is 3.76. The molecule has 6 nitrogen and oxygen atoms in total. The van der Waals surface area contributed by atoms with E-state index in [2.05, 4.69) is 0 Å². The summed E-state index contributed by atoms with van der Waals surface area (Å²) < 4.78 is 9.81. The van der Waals surface area contributed by atoms with Gasteiger partial charge in [0, 0.05) is 35.1 Å². The summed E-state index contributed by atoms with van der Waals surface area (Å²) in [5.74, 6) is 0.440. The van der Waals surface area contributed by atoms with Crippen molar-refractivity contribution in [2.45, 2.75) is 13.8 Å². The van der Waals surface area contributed by atoms with Crippen molar-refractivity contribution >= 4 is 33.5 Å². The summed E-state index contributed by atoms with van der Waals surface area (Å²) in [5, 5.41) is 0. The number of allylic oxidation sites excluding steroid dienone is 2. The van der Waals surface area contributed by atoms with Gasteiger partial charge in [-0.05, 0) is 13.8 Å². The van der Waals surface area contributed by atoms with Crippen LogP contribution in [-0.2, 0) is 19.1 Å². The lowest BCUT2D eigenvalue weighted by Crippen LogP contribution is -2.07. The molecule has 0 unspecified atom stereocenters. The Bertz CT molecular complexity index is 340. The third kappa shape index (κ3) is 13.2. The standard InChI is InChI=1S/C12H20N2O4S2/c1-9(13)7-11(15)17-3-5-19-20-6-4-18-12(16)8-10(2)14/h7-8H,3-6,13-14H2,1-2H3/b9-7-,10-8-. The van der Waals surface area contributed by atoms with Crippen molar-refractivity contribution in [3.05, 3.63) is 23.5 Å². The van der Waals surface area contributed by atoms with Gasteiger partial charge in [0.25, 0.3) is 0 Å². The van der Waals surface area contributed by atoms with Gasteiger partial charge in [-0.15, -0.1) is 0 Å². The van der Waals surface area contributed by atoms with Crippen LogP contribution in [0.1, 0.15) is 13.8 Å². The Hall–Kier alpha value is -1.28. The minimum Gasteiger partial charge on any atom is -0.462 e. The van der Waals surface area contributed by atoms with Crippen LogP contribution in [0.4, 0.5) is 0 Å². The van der Waals surface area contributed by atoms with E-state index in [1.54, 1.807) is 13.8 Å². The number of hydrogen-bond acceptors (Lipinski definition) is 8. The van der Waals surface area contributed by atoms with E-state index < -0.39 is 11.9 Å². The summed E-state index contributed by atoms with van der Waals surface area (Å²) >= 11 is 0. The fourth-order valence-corrected chi connectivity index (χ4v) is 2.58. The molecule has 0 aliphatic heterocycles. The molecule has 0 saturated heterocycles. The zero-order valence-electron chi connectivity index (χ0n) is 11.6. The lowest BCUT2D eigenvalue weighted by Gasteiger charge is -2.03. The smallest absolute Gasteiger partial charge is 0.332 e. The largest absolute Gasteiger partial charge is 0.462 e. The van der Waals surface area contributed by atoms with Gasteiger partial charge in [-0.25, -0.2) is 9.59 Å². The van der Waals surface area contributed by atoms with Crippen LogP contribution in [0, 0.1) is 0 Å². The Kier molecular flexibility index (Phi) is 10.8. The predicted octanol–water partition coefficient (Wildman–Crippen LogP) is 1.18. The van der Waals surface area contributed by atoms with Gasteiger partial charge in [0.05, 0.1) is 0 Å². The second kappa shape index (κ2) is 11.5. The third-order valence-corrected chi connectivity index (χ3v) is 3.93. The molecule has 20 heavy (non-hydrogen) atoms. The van der Waals surface area contributed by atoms with Gasteiger partial charge in [-0.1, -0.05) is 21.6 Å². The van der Waals surface area contributed by atoms with Crippen LogP contribution in [0.2, 0.25) is 0 Å². The molecule has 0 aromatic heterocycles. The van der Waals surface area contributed by atoms with Crippen molar-refractivity contribution in [3.8, 4) is 0 Å². The van der Waals surface area contributed by atoms with Gasteiger partial charge >= 0.3 is 11.9 Å². The zero-order valence-corrected chi connectivity index (χ0v) is 13.2. The molecule has 0 fully saturated rings. The number of carbonyl (C=O) groups is 2. The van der Waals surface area contributed by atoms with E-state index in [-0.39, 0.29) is 0 Å². The van der Waals surface area contributed by atoms with E-state index >= 15 is 0 Å². The summed E-state index contributed by atoms with van der Waals surface area (Å²) in [6.07, 6.45) is 2.48. The summed E-state index contributed by atoms with van der Waals surface area (Å²) in [6, 6.07) is 0. The van der Waals surface area contributed by atoms with E-state index in [0.29, 0.717) is 36.1 Å². The van der Waals surface area contributed by atoms with Gasteiger partial charge in [-0.3, -0.25) is 0 Å². The SMILES string of the molecule is C/C(N)=C/C(=O)OCCSSCCOC(=O)/C=C(/C)N. The number of nitrogens with two attached hydrogens (primary N) is 2. The Labute approximate surface area is 126 Å². The first-order chi connectivity index (χ1) is 9.41. The van der Waals surface area contributed by atoms with E-state index in [4.69, 9.17) is 20.9 Å². The maximum absolute atomic E-state index is 11.1. The normalized spacial score (nSPS) is 12.1. The fraction of sp³-hybridized carbons (Fsp3) is 0.500. The molecule has 0 aliphatic rings. The third-order valence-electron chi connectivity index (χ3n) is 1.60. The summed E-state index contributed by atoms with van der Waals surface area (Å²) in [4.78, 5) is 22.2. The van der Waals surface area contributed by atoms with E-state index in [1.165, 1.54) is 33.7 Å². The fourth-order valence-electron chi connectivity index (χ4n) is 0.926. The Morgan fingerprint density at radius 1 is 0.900 bits per heavy atom. The van der Waals surface area contributed by atoms with Crippen LogP contribution in [0.5, 0.6) is 0 Å². The van der Waals surface area contributed by atoms with E-state index in [0.717, 1.165) is 0 Å². The molecular weight excluding hydrogens is 300 g/mol. The number of hydrogen-bond donors (Lipinski definition) is 2. The highest BCUT2D eigenvalue weighted by Crippen LogP contribution is 2.20. The second-order valence-corrected chi connectivity index (χ2v) is 6.46. The average Bonchev–Trinajstić information content (AvgIpc) is 2.30. The van der Waals surface area contributed by atoms with Gasteiger partial charge in [0.1, 0.15) is 13.2 Å². The molecule has 0 saturated carbocycles. The molecule has 0 radical (unpaired) electrons. The van der Waals surface area contributed by atoms with Gasteiger partial charge < -0.3 is 20.9 Å². The summed E-state index contributed by atoms with van der Waals surface area (Å²) in [5.41, 5.74) is 11.5. The molecule has 0 heterocycles. The molecule has 0 rings (SSSR count). The Morgan fingerprint density at radius 2 is 1.25 bits per heavy atom. The zero-order chi connectivity index (χ0) is 15.4. The summed E-state index contributed by atoms with van der Waals surface area (Å²) in [6.45, 7) is 3.87. The maximum atomic E-state index is 11.1. The first kappa shape index (κ1) is 18.7. The number of esters is 2. The van der Waals surface area contributed by atoms with Crippen LogP contribution in [0.25, 0.3) is 0 Å². The van der Waals surface area contributed by atoms with Crippen molar-refractivity contribution in [3.63, 3.8) is 0 Å². The average molecular weight is 320 g/mol. The molecule has 0 bridgehead atoms. The first-order valence-corrected chi connectivity index (χ1v) is 8.36. The van der Waals surface area contributed by atoms with Crippen LogP contribution >= 0.6 is 21.6 Å². The Balaban J connectivity index is 3.42. The van der Waals surface area contributed by atoms with E-state index in [9.17, 15) is 9.59 Å². The minimum atomic E-state index is -0.437. The van der Waals surface area contributed by atoms with Crippen molar-refractivity contribution in [2.75, 3.05) is 24.7 Å². The van der Waals surface area contributed by atoms with Crippen LogP contribution in [0.15, 0.2) is 23.5 Å². The topological polar surface area (TPSA) is 105 Å². The molecule has 0 aliphatic carbocycles. The Morgan fingerprint density at radius 3 is 1.55 bits per heavy atom. The highest BCUT2D eigenvalue weighted by Gasteiger charge is 2.00. The van der Waals surface area contributed by atoms with Crippen LogP contribution < -0.4 is 11.5 Å². The molecule has 0 amide bonds. The van der Waals surface area contributed by atoms with Crippen molar-refractivity contribution in [1.82, 2.24) is 0 Å². The molecule has 114 valence electrons. The van der Waals surface area contributed by atoms with Gasteiger partial charge in [0.2, 0.25) is 0 Å². The number of carbonyl (C=O) groups excluding carboxylic acids is 2. The molecule has 8 heteroatoms. The number of ether oxygens (including phenoxy) is 2. The predicted molar refractivity (Wildman–Crippen MR) is 82.7 cm³/mol. The van der Waals surface area contributed by atoms with Crippen LogP contribution in [0.3, 0.4) is 0 Å². The highest BCUT2D eigenvalue weighted by molar-refractivity contribution is 8.76. The quantitative estimate of drug-likeness (QED) is 0.282. The monoisotopic (exact) mass is 320 g/mol. The van der Waals surface area contributed by atoms with Gasteiger partial charge in [0.15, 0.2) is 0 Å². The first-order valence-electron chi connectivity index (χ1n) is 5.87. The molecule has 4 N–H and O–H groups in total. The van der Waals surface area contributed by atoms with E-state index in [1.807, 2.05) is 0 Å². The maximum Gasteiger partial charge on any atom is 0.332 e. The molecule has 0 atom stereocenters. The van der Waals surface area contributed by atoms with Crippen molar-refractivity contribution < 1.29 is 19.1 Å². The lowest BCUT2D eigenvalue weighted by molar-refractivity contribution is -0.138. The molecule has 0 aromatic carbocycles. The number of rotatable bonds is 9. The lowest BCUT2D eigenvalue weighted by atomic mass is 10.4. The molecular formula is C12H20N2O4S2. The van der Waals surface area contributed by atoms with Crippen LogP contribution in [-0.4, -0.2) is 36.7 Å².